The zero-order valence-corrected chi connectivity index (χ0v) is 22.4. The Balaban J connectivity index is 0.00000160. The van der Waals surface area contributed by atoms with Crippen LogP contribution in [0.15, 0.2) is 24.4 Å². The van der Waals surface area contributed by atoms with Crippen LogP contribution in [0.2, 0.25) is 0 Å². The smallest absolute Gasteiger partial charge is 0.222 e. The molecule has 3 aromatic rings. The van der Waals surface area contributed by atoms with Crippen LogP contribution in [0, 0.1) is 12.3 Å². The Morgan fingerprint density at radius 3 is 2.87 bits per heavy atom. The maximum absolute atomic E-state index is 11.8. The molecule has 155 valence electrons. The van der Waals surface area contributed by atoms with Gasteiger partial charge in [-0.15, -0.1) is 6.42 Å². The Hall–Kier alpha value is -1.05. The Morgan fingerprint density at radius 2 is 2.20 bits per heavy atom. The molecule has 2 N–H and O–H groups in total. The molecule has 1 amide bonds. The first kappa shape index (κ1) is 25.2. The van der Waals surface area contributed by atoms with Crippen LogP contribution in [0.25, 0.3) is 22.0 Å². The summed E-state index contributed by atoms with van der Waals surface area (Å²) in [5, 5.41) is 9.78. The first-order chi connectivity index (χ1) is 13.6. The van der Waals surface area contributed by atoms with E-state index in [1.807, 2.05) is 34.6 Å². The summed E-state index contributed by atoms with van der Waals surface area (Å²) in [6.07, 6.45) is 9.48. The Labute approximate surface area is 214 Å². The largest absolute Gasteiger partial charge is 0.476 e. The van der Waals surface area contributed by atoms with Gasteiger partial charge in [-0.05, 0) is 52.1 Å². The fraction of sp³-hybridized carbons (Fsp3) is 0.316. The van der Waals surface area contributed by atoms with Gasteiger partial charge < -0.3 is 15.1 Å². The maximum atomic E-state index is 11.8. The number of amides is 1. The molecule has 4 rings (SSSR count). The van der Waals surface area contributed by atoms with Gasteiger partial charge in [-0.1, -0.05) is 6.07 Å². The molecule has 1 unspecified atom stereocenters. The van der Waals surface area contributed by atoms with Crippen LogP contribution in [0.5, 0.6) is 5.88 Å². The van der Waals surface area contributed by atoms with Crippen molar-refractivity contribution in [2.75, 3.05) is 19.7 Å². The molecule has 11 heteroatoms. The van der Waals surface area contributed by atoms with Crippen LogP contribution in [0.1, 0.15) is 18.5 Å². The van der Waals surface area contributed by atoms with Crippen LogP contribution in [0.4, 0.5) is 0 Å². The summed E-state index contributed by atoms with van der Waals surface area (Å²) < 4.78 is 9.64. The summed E-state index contributed by atoms with van der Waals surface area (Å²) in [7, 11) is 1.85. The van der Waals surface area contributed by atoms with Gasteiger partial charge in [0.2, 0.25) is 11.8 Å². The molecule has 1 aliphatic rings. The third-order valence-electron chi connectivity index (χ3n) is 4.86. The number of carbonyl (C=O) groups is 1. The van der Waals surface area contributed by atoms with E-state index in [1.165, 1.54) is 0 Å². The summed E-state index contributed by atoms with van der Waals surface area (Å²) in [4.78, 5) is 13.6. The molecule has 0 bridgehead atoms. The molecule has 1 aliphatic heterocycles. The number of carbonyl (C=O) groups excluding carboxylic acids is 1. The molecule has 1 saturated heterocycles. The fourth-order valence-electron chi connectivity index (χ4n) is 3.45. The van der Waals surface area contributed by atoms with Crippen molar-refractivity contribution in [3.8, 4) is 29.4 Å². The molecule has 1 atom stereocenters. The SMILES string of the molecule is C#Cc1nn(PI)c2ccc(-c3cnn(C)c3OCCN3CCCC3=O)cc12.O.[Y]. The van der Waals surface area contributed by atoms with E-state index >= 15 is 0 Å². The number of nitrogens with zero attached hydrogens (tertiary/aromatic N) is 5. The van der Waals surface area contributed by atoms with Gasteiger partial charge in [0.15, 0.2) is 0 Å². The van der Waals surface area contributed by atoms with Crippen molar-refractivity contribution in [1.29, 1.82) is 0 Å². The predicted octanol–water partition coefficient (Wildman–Crippen LogP) is 2.38. The van der Waals surface area contributed by atoms with Crippen molar-refractivity contribution in [1.82, 2.24) is 24.2 Å². The van der Waals surface area contributed by atoms with Gasteiger partial charge in [0, 0.05) is 58.1 Å². The molecule has 1 radical (unpaired) electrons. The molecule has 3 heterocycles. The standard InChI is InChI=1S/C19H19IN5O2P.H2O.Y/c1-3-16-14-11-13(6-7-17(14)25(22-16)28-20)15-12-21-23(2)19(15)27-10-9-24-8-4-5-18(24)26;;/h1,6-7,11-12,28H,4-5,8-10H2,2H3;1H2;. The van der Waals surface area contributed by atoms with E-state index in [0.717, 1.165) is 35.0 Å². The molecule has 0 aliphatic carbocycles. The Bertz CT molecular complexity index is 1090. The molecule has 2 aromatic heterocycles. The van der Waals surface area contributed by atoms with Crippen LogP contribution in [0.3, 0.4) is 0 Å². The van der Waals surface area contributed by atoms with Gasteiger partial charge in [-0.2, -0.15) is 10.2 Å². The number of ether oxygens (including phenoxy) is 1. The molecule has 0 spiro atoms. The van der Waals surface area contributed by atoms with Gasteiger partial charge in [-0.25, -0.2) is 9.13 Å². The van der Waals surface area contributed by atoms with E-state index in [9.17, 15) is 4.79 Å². The fourth-order valence-corrected chi connectivity index (χ4v) is 4.97. The van der Waals surface area contributed by atoms with Crippen LogP contribution >= 0.6 is 28.4 Å². The van der Waals surface area contributed by atoms with Crippen molar-refractivity contribution in [2.45, 2.75) is 12.8 Å². The van der Waals surface area contributed by atoms with E-state index in [0.29, 0.717) is 37.5 Å². The van der Waals surface area contributed by atoms with Crippen molar-refractivity contribution >= 4 is 45.2 Å². The van der Waals surface area contributed by atoms with E-state index in [2.05, 4.69) is 38.2 Å². The molecular weight excluding hydrogens is 593 g/mol. The summed E-state index contributed by atoms with van der Waals surface area (Å²) in [5.41, 5.74) is 3.52. The van der Waals surface area contributed by atoms with E-state index in [1.54, 1.807) is 10.9 Å². The maximum Gasteiger partial charge on any atom is 0.222 e. The zero-order chi connectivity index (χ0) is 19.7. The summed E-state index contributed by atoms with van der Waals surface area (Å²) in [5.74, 6) is 3.55. The number of fused-ring (bicyclic) bond motifs is 1. The Morgan fingerprint density at radius 1 is 1.40 bits per heavy atom. The molecule has 1 aromatic carbocycles. The Kier molecular flexibility index (Phi) is 9.25. The third-order valence-corrected chi connectivity index (χ3v) is 6.74. The monoisotopic (exact) mass is 614 g/mol. The van der Waals surface area contributed by atoms with Crippen LogP contribution < -0.4 is 4.74 Å². The minimum Gasteiger partial charge on any atom is -0.476 e. The van der Waals surface area contributed by atoms with Crippen molar-refractivity contribution in [3.63, 3.8) is 0 Å². The van der Waals surface area contributed by atoms with E-state index in [4.69, 9.17) is 11.2 Å². The number of aryl methyl sites for hydroxylation is 1. The normalized spacial score (nSPS) is 13.5. The number of terminal acetylenes is 1. The number of rotatable bonds is 6. The summed E-state index contributed by atoms with van der Waals surface area (Å²) in [6, 6.07) is 6.11. The zero-order valence-electron chi connectivity index (χ0n) is 16.4. The molecule has 8 nitrogen and oxygen atoms in total. The third kappa shape index (κ3) is 4.89. The number of likely N-dealkylation sites (tertiary alicyclic amines) is 1. The van der Waals surface area contributed by atoms with Gasteiger partial charge in [0.05, 0.1) is 30.2 Å². The van der Waals surface area contributed by atoms with Gasteiger partial charge in [0.25, 0.3) is 0 Å². The number of benzene rings is 1. The average Bonchev–Trinajstić information content (AvgIpc) is 3.39. The van der Waals surface area contributed by atoms with E-state index < -0.39 is 0 Å². The van der Waals surface area contributed by atoms with Crippen molar-refractivity contribution in [3.05, 3.63) is 30.1 Å². The summed E-state index contributed by atoms with van der Waals surface area (Å²) >= 11 is 2.29. The second kappa shape index (κ2) is 11.0. The quantitative estimate of drug-likeness (QED) is 0.242. The second-order valence-corrected chi connectivity index (χ2v) is 8.58. The molecule has 1 fully saturated rings. The van der Waals surface area contributed by atoms with Gasteiger partial charge >= 0.3 is 0 Å². The van der Waals surface area contributed by atoms with Crippen molar-refractivity contribution < 1.29 is 47.7 Å². The summed E-state index contributed by atoms with van der Waals surface area (Å²) in [6.45, 7) is 1.84. The number of aromatic nitrogens is 4. The van der Waals surface area contributed by atoms with Crippen LogP contribution in [-0.4, -0.2) is 55.3 Å². The molecule has 30 heavy (non-hydrogen) atoms. The second-order valence-electron chi connectivity index (χ2n) is 6.54. The average molecular weight is 614 g/mol. The predicted molar refractivity (Wildman–Crippen MR) is 123 cm³/mol. The molecular formula is C19H21IN5O3PY. The first-order valence-corrected chi connectivity index (χ1v) is 13.0. The van der Waals surface area contributed by atoms with Gasteiger partial charge in [0.1, 0.15) is 12.3 Å². The van der Waals surface area contributed by atoms with Gasteiger partial charge in [-0.3, -0.25) is 4.79 Å². The number of hydrogen-bond donors (Lipinski definition) is 0. The minimum atomic E-state index is 0. The van der Waals surface area contributed by atoms with E-state index in [-0.39, 0.29) is 44.1 Å². The topological polar surface area (TPSA) is 96.7 Å². The van der Waals surface area contributed by atoms with Crippen LogP contribution in [-0.2, 0) is 44.6 Å². The molecule has 0 saturated carbocycles. The van der Waals surface area contributed by atoms with Crippen molar-refractivity contribution in [2.24, 2.45) is 7.05 Å². The number of hydrogen-bond acceptors (Lipinski definition) is 4. The minimum absolute atomic E-state index is 0. The number of halogens is 1. The first-order valence-electron chi connectivity index (χ1n) is 8.91.